The van der Waals surface area contributed by atoms with E-state index in [0.29, 0.717) is 18.6 Å². The maximum Gasteiger partial charge on any atom is 0.141 e. The van der Waals surface area contributed by atoms with Crippen molar-refractivity contribution in [3.63, 3.8) is 0 Å². The lowest BCUT2D eigenvalue weighted by molar-refractivity contribution is 0.257. The van der Waals surface area contributed by atoms with E-state index in [4.69, 9.17) is 0 Å². The highest BCUT2D eigenvalue weighted by Crippen LogP contribution is 2.24. The fourth-order valence-electron chi connectivity index (χ4n) is 2.77. The average Bonchev–Trinajstić information content (AvgIpc) is 2.45. The normalized spacial score (nSPS) is 19.6. The standard InChI is InChI=1S/C16H27FN4/c1-12(2)18-9-13-8-14(17)10-19-16(13)21-7-5-6-15(11-21)20(3)4/h8,10,12,15,18H,5-7,9,11H2,1-4H3. The second-order valence-corrected chi connectivity index (χ2v) is 6.38. The number of nitrogens with one attached hydrogen (secondary N) is 1. The first kappa shape index (κ1) is 16.2. The molecule has 0 bridgehead atoms. The number of piperidine rings is 1. The fourth-order valence-corrected chi connectivity index (χ4v) is 2.77. The van der Waals surface area contributed by atoms with Gasteiger partial charge >= 0.3 is 0 Å². The van der Waals surface area contributed by atoms with Gasteiger partial charge in [0.25, 0.3) is 0 Å². The Morgan fingerprint density at radius 3 is 2.90 bits per heavy atom. The van der Waals surface area contributed by atoms with Gasteiger partial charge in [0.05, 0.1) is 6.20 Å². The molecule has 1 aromatic heterocycles. The number of halogens is 1. The van der Waals surface area contributed by atoms with Gasteiger partial charge in [-0.25, -0.2) is 9.37 Å². The molecule has 1 aliphatic rings. The summed E-state index contributed by atoms with van der Waals surface area (Å²) in [6.07, 6.45) is 3.69. The van der Waals surface area contributed by atoms with Crippen LogP contribution in [0.15, 0.2) is 12.3 Å². The van der Waals surface area contributed by atoms with Crippen LogP contribution in [0.3, 0.4) is 0 Å². The third-order valence-electron chi connectivity index (χ3n) is 4.04. The maximum absolute atomic E-state index is 13.5. The summed E-state index contributed by atoms with van der Waals surface area (Å²) in [5, 5.41) is 3.36. The van der Waals surface area contributed by atoms with E-state index >= 15 is 0 Å². The zero-order valence-corrected chi connectivity index (χ0v) is 13.6. The molecule has 2 rings (SSSR count). The monoisotopic (exact) mass is 294 g/mol. The number of likely N-dealkylation sites (N-methyl/N-ethyl adjacent to an activating group) is 1. The van der Waals surface area contributed by atoms with Gasteiger partial charge in [0, 0.05) is 37.3 Å². The number of anilines is 1. The minimum absolute atomic E-state index is 0.263. The van der Waals surface area contributed by atoms with Gasteiger partial charge in [-0.1, -0.05) is 13.8 Å². The Balaban J connectivity index is 2.17. The van der Waals surface area contributed by atoms with Crippen LogP contribution in [0.25, 0.3) is 0 Å². The number of hydrogen-bond donors (Lipinski definition) is 1. The van der Waals surface area contributed by atoms with E-state index in [2.05, 4.69) is 48.0 Å². The second kappa shape index (κ2) is 7.18. The lowest BCUT2D eigenvalue weighted by atomic mass is 10.0. The van der Waals surface area contributed by atoms with E-state index in [1.807, 2.05) is 0 Å². The molecule has 0 amide bonds. The first-order chi connectivity index (χ1) is 9.97. The summed E-state index contributed by atoms with van der Waals surface area (Å²) >= 11 is 0. The predicted molar refractivity (Wildman–Crippen MR) is 85.1 cm³/mol. The minimum Gasteiger partial charge on any atom is -0.355 e. The first-order valence-electron chi connectivity index (χ1n) is 7.76. The summed E-state index contributed by atoms with van der Waals surface area (Å²) < 4.78 is 13.5. The SMILES string of the molecule is CC(C)NCc1cc(F)cnc1N1CCCC(N(C)C)C1. The highest BCUT2D eigenvalue weighted by molar-refractivity contribution is 5.47. The van der Waals surface area contributed by atoms with Gasteiger partial charge in [0.15, 0.2) is 0 Å². The summed E-state index contributed by atoms with van der Waals surface area (Å²) in [5.41, 5.74) is 0.947. The summed E-state index contributed by atoms with van der Waals surface area (Å²) in [6.45, 7) is 6.80. The van der Waals surface area contributed by atoms with Gasteiger partial charge in [-0.05, 0) is 33.0 Å². The second-order valence-electron chi connectivity index (χ2n) is 6.38. The van der Waals surface area contributed by atoms with E-state index in [1.165, 1.54) is 12.6 Å². The summed E-state index contributed by atoms with van der Waals surface area (Å²) in [5.74, 6) is 0.663. The molecule has 1 aromatic rings. The molecule has 1 atom stereocenters. The first-order valence-corrected chi connectivity index (χ1v) is 7.76. The Hall–Kier alpha value is -1.20. The highest BCUT2D eigenvalue weighted by atomic mass is 19.1. The van der Waals surface area contributed by atoms with Gasteiger partial charge in [-0.15, -0.1) is 0 Å². The molecule has 1 fully saturated rings. The van der Waals surface area contributed by atoms with Crippen molar-refractivity contribution in [2.45, 2.75) is 45.3 Å². The van der Waals surface area contributed by atoms with Crippen LogP contribution in [0.1, 0.15) is 32.3 Å². The van der Waals surface area contributed by atoms with E-state index < -0.39 is 0 Å². The van der Waals surface area contributed by atoms with Crippen LogP contribution in [0.5, 0.6) is 0 Å². The number of hydrogen-bond acceptors (Lipinski definition) is 4. The Bertz CT molecular complexity index is 462. The molecule has 0 aliphatic carbocycles. The Labute approximate surface area is 127 Å². The Kier molecular flexibility index (Phi) is 5.53. The number of nitrogens with zero attached hydrogens (tertiary/aromatic N) is 3. The molecule has 5 heteroatoms. The van der Waals surface area contributed by atoms with Crippen molar-refractivity contribution in [1.82, 2.24) is 15.2 Å². The molecule has 1 saturated heterocycles. The van der Waals surface area contributed by atoms with Gasteiger partial charge < -0.3 is 15.1 Å². The average molecular weight is 294 g/mol. The molecule has 21 heavy (non-hydrogen) atoms. The van der Waals surface area contributed by atoms with Crippen LogP contribution >= 0.6 is 0 Å². The van der Waals surface area contributed by atoms with Crippen molar-refractivity contribution in [2.24, 2.45) is 0 Å². The molecule has 1 aliphatic heterocycles. The molecule has 1 N–H and O–H groups in total. The Morgan fingerprint density at radius 2 is 2.24 bits per heavy atom. The molecule has 2 heterocycles. The van der Waals surface area contributed by atoms with Crippen molar-refractivity contribution in [3.8, 4) is 0 Å². The van der Waals surface area contributed by atoms with Crippen LogP contribution in [0, 0.1) is 5.82 Å². The lowest BCUT2D eigenvalue weighted by Crippen LogP contribution is -2.46. The molecule has 0 aromatic carbocycles. The van der Waals surface area contributed by atoms with E-state index in [1.54, 1.807) is 6.07 Å². The minimum atomic E-state index is -0.263. The molecular formula is C16H27FN4. The smallest absolute Gasteiger partial charge is 0.141 e. The summed E-state index contributed by atoms with van der Waals surface area (Å²) in [7, 11) is 4.24. The zero-order chi connectivity index (χ0) is 15.4. The van der Waals surface area contributed by atoms with Crippen LogP contribution in [-0.2, 0) is 6.54 Å². The van der Waals surface area contributed by atoms with Crippen molar-refractivity contribution in [3.05, 3.63) is 23.6 Å². The van der Waals surface area contributed by atoms with Gasteiger partial charge in [0.1, 0.15) is 11.6 Å². The Morgan fingerprint density at radius 1 is 1.48 bits per heavy atom. The van der Waals surface area contributed by atoms with Crippen molar-refractivity contribution < 1.29 is 4.39 Å². The van der Waals surface area contributed by atoms with E-state index in [9.17, 15) is 4.39 Å². The molecule has 0 saturated carbocycles. The highest BCUT2D eigenvalue weighted by Gasteiger charge is 2.24. The van der Waals surface area contributed by atoms with Crippen molar-refractivity contribution in [2.75, 3.05) is 32.1 Å². The quantitative estimate of drug-likeness (QED) is 0.902. The number of pyridine rings is 1. The van der Waals surface area contributed by atoms with Crippen molar-refractivity contribution in [1.29, 1.82) is 0 Å². The molecule has 4 nitrogen and oxygen atoms in total. The zero-order valence-electron chi connectivity index (χ0n) is 13.6. The largest absolute Gasteiger partial charge is 0.355 e. The number of aromatic nitrogens is 1. The maximum atomic E-state index is 13.5. The predicted octanol–water partition coefficient (Wildman–Crippen LogP) is 2.25. The van der Waals surface area contributed by atoms with Gasteiger partial charge in [-0.2, -0.15) is 0 Å². The fraction of sp³-hybridized carbons (Fsp3) is 0.688. The molecular weight excluding hydrogens is 267 g/mol. The molecule has 0 radical (unpaired) electrons. The molecule has 118 valence electrons. The third-order valence-corrected chi connectivity index (χ3v) is 4.04. The topological polar surface area (TPSA) is 31.4 Å². The molecule has 1 unspecified atom stereocenters. The van der Waals surface area contributed by atoms with E-state index in [0.717, 1.165) is 30.9 Å². The van der Waals surface area contributed by atoms with Crippen LogP contribution < -0.4 is 10.2 Å². The number of rotatable bonds is 5. The molecule has 0 spiro atoms. The van der Waals surface area contributed by atoms with E-state index in [-0.39, 0.29) is 5.82 Å². The van der Waals surface area contributed by atoms with Crippen LogP contribution in [0.4, 0.5) is 10.2 Å². The summed E-state index contributed by atoms with van der Waals surface area (Å²) in [4.78, 5) is 8.93. The van der Waals surface area contributed by atoms with Gasteiger partial charge in [-0.3, -0.25) is 0 Å². The third kappa shape index (κ3) is 4.38. The van der Waals surface area contributed by atoms with Crippen LogP contribution in [-0.4, -0.2) is 49.2 Å². The lowest BCUT2D eigenvalue weighted by Gasteiger charge is -2.37. The van der Waals surface area contributed by atoms with Crippen LogP contribution in [0.2, 0.25) is 0 Å². The van der Waals surface area contributed by atoms with Gasteiger partial charge in [0.2, 0.25) is 0 Å². The van der Waals surface area contributed by atoms with Crippen molar-refractivity contribution >= 4 is 5.82 Å². The summed E-state index contributed by atoms with van der Waals surface area (Å²) in [6, 6.07) is 2.52.